The summed E-state index contributed by atoms with van der Waals surface area (Å²) in [5.41, 5.74) is 2.05. The van der Waals surface area contributed by atoms with Crippen LogP contribution in [0.4, 0.5) is 4.39 Å². The molecule has 14 heavy (non-hydrogen) atoms. The van der Waals surface area contributed by atoms with Crippen LogP contribution in [0, 0.1) is 0 Å². The van der Waals surface area contributed by atoms with Gasteiger partial charge in [0.25, 0.3) is 0 Å². The number of halogens is 1. The minimum atomic E-state index is -0.829. The molecule has 1 aromatic carbocycles. The molecule has 0 aliphatic heterocycles. The maximum Gasteiger partial charge on any atom is 0.101 e. The summed E-state index contributed by atoms with van der Waals surface area (Å²) < 4.78 is 12.8. The molecule has 78 valence electrons. The van der Waals surface area contributed by atoms with Gasteiger partial charge in [0, 0.05) is 6.42 Å². The largest absolute Gasteiger partial charge is 0.393 e. The van der Waals surface area contributed by atoms with E-state index in [4.69, 9.17) is 0 Å². The maximum absolute atomic E-state index is 12.8. The Hall–Kier alpha value is -0.890. The van der Waals surface area contributed by atoms with E-state index in [9.17, 15) is 9.50 Å². The molecule has 0 radical (unpaired) electrons. The van der Waals surface area contributed by atoms with Crippen LogP contribution in [0.5, 0.6) is 0 Å². The summed E-state index contributed by atoms with van der Waals surface area (Å²) in [6, 6.07) is 7.70. The van der Waals surface area contributed by atoms with E-state index in [0.717, 1.165) is 11.1 Å². The molecule has 1 N–H and O–H groups in total. The monoisotopic (exact) mass is 196 g/mol. The lowest BCUT2D eigenvalue weighted by Gasteiger charge is -2.11. The lowest BCUT2D eigenvalue weighted by molar-refractivity contribution is 0.195. The van der Waals surface area contributed by atoms with Gasteiger partial charge in [-0.25, -0.2) is 4.39 Å². The lowest BCUT2D eigenvalue weighted by Crippen LogP contribution is -2.09. The number of aliphatic hydroxyl groups is 1. The Labute approximate surface area is 84.6 Å². The molecule has 1 aromatic rings. The lowest BCUT2D eigenvalue weighted by atomic mass is 9.98. The summed E-state index contributed by atoms with van der Waals surface area (Å²) in [6.07, 6.45) is -0.164. The van der Waals surface area contributed by atoms with Crippen molar-refractivity contribution < 1.29 is 9.50 Å². The molecule has 2 unspecified atom stereocenters. The first-order chi connectivity index (χ1) is 6.59. The van der Waals surface area contributed by atoms with E-state index in [2.05, 4.69) is 0 Å². The quantitative estimate of drug-likeness (QED) is 0.784. The van der Waals surface area contributed by atoms with Gasteiger partial charge < -0.3 is 5.11 Å². The summed E-state index contributed by atoms with van der Waals surface area (Å²) in [7, 11) is 0. The number of aliphatic hydroxyl groups excluding tert-OH is 1. The van der Waals surface area contributed by atoms with Crippen LogP contribution in [0.2, 0.25) is 0 Å². The van der Waals surface area contributed by atoms with Crippen LogP contribution < -0.4 is 0 Å². The third-order valence-electron chi connectivity index (χ3n) is 2.13. The van der Waals surface area contributed by atoms with E-state index in [1.165, 1.54) is 0 Å². The highest BCUT2D eigenvalue weighted by Crippen LogP contribution is 2.14. The fourth-order valence-electron chi connectivity index (χ4n) is 1.58. The molecule has 0 saturated heterocycles. The predicted octanol–water partition coefficient (Wildman–Crippen LogP) is 2.51. The topological polar surface area (TPSA) is 20.2 Å². The minimum Gasteiger partial charge on any atom is -0.393 e. The Morgan fingerprint density at radius 1 is 1.14 bits per heavy atom. The molecule has 2 atom stereocenters. The van der Waals surface area contributed by atoms with Gasteiger partial charge >= 0.3 is 0 Å². The summed E-state index contributed by atoms with van der Waals surface area (Å²) in [5, 5.41) is 9.27. The van der Waals surface area contributed by atoms with Crippen molar-refractivity contribution in [3.8, 4) is 0 Å². The first-order valence-electron chi connectivity index (χ1n) is 4.98. The number of benzene rings is 1. The molecule has 0 spiro atoms. The Balaban J connectivity index is 2.80. The molecule has 0 aliphatic rings. The standard InChI is InChI=1S/C12H17FO/c1-9(13)7-11-5-3-4-6-12(11)8-10(2)14/h3-6,9-10,14H,7-8H2,1-2H3. The van der Waals surface area contributed by atoms with Crippen LogP contribution in [0.3, 0.4) is 0 Å². The van der Waals surface area contributed by atoms with Gasteiger partial charge in [-0.15, -0.1) is 0 Å². The number of rotatable bonds is 4. The van der Waals surface area contributed by atoms with E-state index in [0.29, 0.717) is 12.8 Å². The predicted molar refractivity (Wildman–Crippen MR) is 56.1 cm³/mol. The van der Waals surface area contributed by atoms with Gasteiger partial charge in [0.2, 0.25) is 0 Å². The fourth-order valence-corrected chi connectivity index (χ4v) is 1.58. The van der Waals surface area contributed by atoms with Crippen LogP contribution in [0.1, 0.15) is 25.0 Å². The molecule has 0 bridgehead atoms. The fraction of sp³-hybridized carbons (Fsp3) is 0.500. The molecular weight excluding hydrogens is 179 g/mol. The molecule has 0 amide bonds. The molecular formula is C12H17FO. The van der Waals surface area contributed by atoms with E-state index in [1.54, 1.807) is 13.8 Å². The van der Waals surface area contributed by atoms with Crippen molar-refractivity contribution in [1.29, 1.82) is 0 Å². The average Bonchev–Trinajstić information content (AvgIpc) is 2.06. The second kappa shape index (κ2) is 5.11. The van der Waals surface area contributed by atoms with Crippen LogP contribution in [0.15, 0.2) is 24.3 Å². The first-order valence-corrected chi connectivity index (χ1v) is 4.98. The summed E-state index contributed by atoms with van der Waals surface area (Å²) in [5.74, 6) is 0. The second-order valence-corrected chi connectivity index (χ2v) is 3.81. The third kappa shape index (κ3) is 3.46. The number of hydrogen-bond acceptors (Lipinski definition) is 1. The highest BCUT2D eigenvalue weighted by atomic mass is 19.1. The molecule has 0 aliphatic carbocycles. The smallest absolute Gasteiger partial charge is 0.101 e. The van der Waals surface area contributed by atoms with Crippen LogP contribution >= 0.6 is 0 Å². The van der Waals surface area contributed by atoms with Crippen molar-refractivity contribution in [2.24, 2.45) is 0 Å². The van der Waals surface area contributed by atoms with Crippen molar-refractivity contribution in [3.05, 3.63) is 35.4 Å². The molecule has 1 nitrogen and oxygen atoms in total. The van der Waals surface area contributed by atoms with Crippen molar-refractivity contribution in [2.75, 3.05) is 0 Å². The molecule has 0 heterocycles. The van der Waals surface area contributed by atoms with Crippen LogP contribution in [-0.2, 0) is 12.8 Å². The molecule has 1 rings (SSSR count). The molecule has 0 saturated carbocycles. The van der Waals surface area contributed by atoms with E-state index >= 15 is 0 Å². The number of hydrogen-bond donors (Lipinski definition) is 1. The summed E-state index contributed by atoms with van der Waals surface area (Å²) in [6.45, 7) is 3.30. The van der Waals surface area contributed by atoms with Crippen molar-refractivity contribution in [3.63, 3.8) is 0 Å². The SMILES string of the molecule is CC(O)Cc1ccccc1CC(C)F. The Morgan fingerprint density at radius 2 is 1.64 bits per heavy atom. The third-order valence-corrected chi connectivity index (χ3v) is 2.13. The Kier molecular flexibility index (Phi) is 4.08. The second-order valence-electron chi connectivity index (χ2n) is 3.81. The van der Waals surface area contributed by atoms with Gasteiger partial charge in [0.15, 0.2) is 0 Å². The van der Waals surface area contributed by atoms with E-state index in [1.807, 2.05) is 24.3 Å². The highest BCUT2D eigenvalue weighted by Gasteiger charge is 2.07. The molecule has 2 heteroatoms. The highest BCUT2D eigenvalue weighted by molar-refractivity contribution is 5.28. The van der Waals surface area contributed by atoms with E-state index < -0.39 is 6.17 Å². The Morgan fingerprint density at radius 3 is 2.07 bits per heavy atom. The van der Waals surface area contributed by atoms with Crippen molar-refractivity contribution in [2.45, 2.75) is 39.0 Å². The van der Waals surface area contributed by atoms with Crippen molar-refractivity contribution in [1.82, 2.24) is 0 Å². The van der Waals surface area contributed by atoms with Gasteiger partial charge in [0.05, 0.1) is 6.10 Å². The summed E-state index contributed by atoms with van der Waals surface area (Å²) in [4.78, 5) is 0. The zero-order chi connectivity index (χ0) is 10.6. The average molecular weight is 196 g/mol. The normalized spacial score (nSPS) is 15.1. The van der Waals surface area contributed by atoms with Crippen molar-refractivity contribution >= 4 is 0 Å². The molecule has 0 fully saturated rings. The van der Waals surface area contributed by atoms with Gasteiger partial charge in [-0.2, -0.15) is 0 Å². The van der Waals surface area contributed by atoms with Gasteiger partial charge in [-0.3, -0.25) is 0 Å². The first kappa shape index (κ1) is 11.2. The van der Waals surface area contributed by atoms with Crippen LogP contribution in [-0.4, -0.2) is 17.4 Å². The van der Waals surface area contributed by atoms with Gasteiger partial charge in [-0.05, 0) is 31.4 Å². The zero-order valence-corrected chi connectivity index (χ0v) is 8.70. The summed E-state index contributed by atoms with van der Waals surface area (Å²) >= 11 is 0. The number of alkyl halides is 1. The molecule has 0 aromatic heterocycles. The zero-order valence-electron chi connectivity index (χ0n) is 8.70. The van der Waals surface area contributed by atoms with E-state index in [-0.39, 0.29) is 6.10 Å². The van der Waals surface area contributed by atoms with Crippen LogP contribution in [0.25, 0.3) is 0 Å². The maximum atomic E-state index is 12.8. The Bertz CT molecular complexity index is 252. The minimum absolute atomic E-state index is 0.369. The van der Waals surface area contributed by atoms with Gasteiger partial charge in [0.1, 0.15) is 6.17 Å². The van der Waals surface area contributed by atoms with Gasteiger partial charge in [-0.1, -0.05) is 24.3 Å².